The van der Waals surface area contributed by atoms with E-state index >= 15 is 0 Å². The number of benzene rings is 3. The van der Waals surface area contributed by atoms with Gasteiger partial charge in [0.1, 0.15) is 17.2 Å². The van der Waals surface area contributed by atoms with E-state index in [0.29, 0.717) is 22.3 Å². The van der Waals surface area contributed by atoms with Crippen molar-refractivity contribution in [3.8, 4) is 17.2 Å². The lowest BCUT2D eigenvalue weighted by Crippen LogP contribution is -1.99. The number of aromatic hydroxyl groups is 3. The van der Waals surface area contributed by atoms with Gasteiger partial charge in [-0.1, -0.05) is 96.1 Å². The fourth-order valence-electron chi connectivity index (χ4n) is 2.69. The van der Waals surface area contributed by atoms with Crippen LogP contribution in [-0.4, -0.2) is 15.3 Å². The molecule has 0 aliphatic rings. The first-order valence-corrected chi connectivity index (χ1v) is 11.6. The predicted molar refractivity (Wildman–Crippen MR) is 135 cm³/mol. The molecule has 182 valence electrons. The Hall–Kier alpha value is -3.02. The minimum Gasteiger partial charge on any atom is -0.508 e. The highest BCUT2D eigenvalue weighted by atomic mass is 16.5. The Labute approximate surface area is 199 Å². The maximum absolute atomic E-state index is 10.4. The first-order chi connectivity index (χ1) is 16.1. The smallest absolute Gasteiger partial charge is 0.126 e. The van der Waals surface area contributed by atoms with E-state index in [0.717, 1.165) is 0 Å². The number of hydrogen-bond acceptors (Lipinski definition) is 5. The van der Waals surface area contributed by atoms with E-state index in [1.165, 1.54) is 0 Å². The molecule has 0 aliphatic carbocycles. The van der Waals surface area contributed by atoms with E-state index in [9.17, 15) is 15.3 Å². The summed E-state index contributed by atoms with van der Waals surface area (Å²) in [6, 6.07) is 19.4. The van der Waals surface area contributed by atoms with Crippen LogP contribution in [0.1, 0.15) is 63.8 Å². The van der Waals surface area contributed by atoms with Gasteiger partial charge in [-0.2, -0.15) is 0 Å². The highest BCUT2D eigenvalue weighted by Gasteiger charge is 2.09. The average Bonchev–Trinajstić information content (AvgIpc) is 2.87. The van der Waals surface area contributed by atoms with Crippen LogP contribution < -0.4 is 0 Å². The lowest BCUT2D eigenvalue weighted by Gasteiger charge is -2.12. The predicted octanol–water partition coefficient (Wildman–Crippen LogP) is 7.32. The molecular formula is C28H40O5. The third-order valence-corrected chi connectivity index (χ3v) is 4.22. The van der Waals surface area contributed by atoms with E-state index in [2.05, 4.69) is 0 Å². The maximum atomic E-state index is 10.4. The Morgan fingerprint density at radius 1 is 0.455 bits per heavy atom. The summed E-state index contributed by atoms with van der Waals surface area (Å²) in [5.74, 6) is 0.508. The summed E-state index contributed by atoms with van der Waals surface area (Å²) in [7, 11) is 0. The van der Waals surface area contributed by atoms with Gasteiger partial charge >= 0.3 is 0 Å². The average molecular weight is 457 g/mol. The second kappa shape index (κ2) is 18.5. The van der Waals surface area contributed by atoms with Crippen molar-refractivity contribution >= 4 is 0 Å². The van der Waals surface area contributed by atoms with Gasteiger partial charge in [0.15, 0.2) is 0 Å². The second-order valence-corrected chi connectivity index (χ2v) is 6.17. The van der Waals surface area contributed by atoms with Crippen molar-refractivity contribution in [2.45, 2.75) is 68.0 Å². The van der Waals surface area contributed by atoms with Gasteiger partial charge in [-0.15, -0.1) is 0 Å². The van der Waals surface area contributed by atoms with Crippen molar-refractivity contribution in [3.63, 3.8) is 0 Å². The number of rotatable bonds is 8. The van der Waals surface area contributed by atoms with Crippen LogP contribution in [0.3, 0.4) is 0 Å². The fraction of sp³-hybridized carbons (Fsp3) is 0.357. The third kappa shape index (κ3) is 10.4. The molecule has 0 heterocycles. The molecule has 5 heteroatoms. The molecule has 0 aromatic heterocycles. The van der Waals surface area contributed by atoms with Gasteiger partial charge in [0.2, 0.25) is 0 Å². The molecule has 5 nitrogen and oxygen atoms in total. The molecule has 0 spiro atoms. The molecule has 0 saturated heterocycles. The molecule has 0 unspecified atom stereocenters. The minimum absolute atomic E-state index is 0.132. The summed E-state index contributed by atoms with van der Waals surface area (Å²) in [6.45, 7) is 12.9. The first-order valence-electron chi connectivity index (χ1n) is 11.6. The first kappa shape index (κ1) is 30.0. The van der Waals surface area contributed by atoms with Crippen LogP contribution in [0.2, 0.25) is 0 Å². The molecule has 3 aromatic carbocycles. The zero-order valence-corrected chi connectivity index (χ0v) is 20.8. The van der Waals surface area contributed by atoms with Crippen molar-refractivity contribution in [3.05, 3.63) is 89.0 Å². The molecule has 0 radical (unpaired) electrons. The largest absolute Gasteiger partial charge is 0.508 e. The lowest BCUT2D eigenvalue weighted by atomic mass is 10.1. The normalized spacial score (nSPS) is 9.39. The van der Waals surface area contributed by atoms with E-state index in [-0.39, 0.29) is 43.7 Å². The molecule has 0 saturated carbocycles. The van der Waals surface area contributed by atoms with E-state index in [1.807, 2.05) is 59.7 Å². The number of ether oxygens (including phenoxy) is 2. The molecule has 0 bridgehead atoms. The monoisotopic (exact) mass is 456 g/mol. The summed E-state index contributed by atoms with van der Waals surface area (Å²) < 4.78 is 11.2. The summed E-state index contributed by atoms with van der Waals surface area (Å²) in [6.07, 6.45) is 0. The van der Waals surface area contributed by atoms with E-state index in [4.69, 9.17) is 9.47 Å². The van der Waals surface area contributed by atoms with Crippen molar-refractivity contribution in [2.75, 3.05) is 0 Å². The van der Waals surface area contributed by atoms with Gasteiger partial charge in [-0.05, 0) is 12.1 Å². The zero-order chi connectivity index (χ0) is 25.1. The Kier molecular flexibility index (Phi) is 16.8. The molecule has 0 fully saturated rings. The van der Waals surface area contributed by atoms with Gasteiger partial charge in [0.05, 0.1) is 26.4 Å². The van der Waals surface area contributed by atoms with Crippen LogP contribution in [0.25, 0.3) is 0 Å². The maximum Gasteiger partial charge on any atom is 0.126 e. The highest BCUT2D eigenvalue weighted by molar-refractivity contribution is 5.40. The molecule has 0 aliphatic heterocycles. The van der Waals surface area contributed by atoms with Crippen LogP contribution in [0.5, 0.6) is 17.2 Å². The molecule has 33 heavy (non-hydrogen) atoms. The number of hydrogen-bond donors (Lipinski definition) is 3. The highest BCUT2D eigenvalue weighted by Crippen LogP contribution is 2.26. The molecule has 3 aromatic rings. The third-order valence-electron chi connectivity index (χ3n) is 4.22. The Bertz CT molecular complexity index is 823. The summed E-state index contributed by atoms with van der Waals surface area (Å²) in [5.41, 5.74) is 2.68. The summed E-state index contributed by atoms with van der Waals surface area (Å²) in [4.78, 5) is 0. The Balaban J connectivity index is 0.00000158. The van der Waals surface area contributed by atoms with Crippen molar-refractivity contribution in [1.82, 2.24) is 0 Å². The van der Waals surface area contributed by atoms with E-state index < -0.39 is 0 Å². The molecule has 0 atom stereocenters. The van der Waals surface area contributed by atoms with Gasteiger partial charge in [0.25, 0.3) is 0 Å². The fourth-order valence-corrected chi connectivity index (χ4v) is 2.69. The van der Waals surface area contributed by atoms with Gasteiger partial charge in [-0.25, -0.2) is 0 Å². The second-order valence-electron chi connectivity index (χ2n) is 6.17. The van der Waals surface area contributed by atoms with Gasteiger partial charge in [-0.3, -0.25) is 0 Å². The molecule has 3 N–H and O–H groups in total. The van der Waals surface area contributed by atoms with Crippen LogP contribution in [0, 0.1) is 0 Å². The molecular weight excluding hydrogens is 416 g/mol. The minimum atomic E-state index is 0.132. The van der Waals surface area contributed by atoms with Crippen molar-refractivity contribution in [1.29, 1.82) is 0 Å². The number of para-hydroxylation sites is 3. The number of phenolic OH excluding ortho intramolecular Hbond substituents is 3. The topological polar surface area (TPSA) is 79.2 Å². The summed E-state index contributed by atoms with van der Waals surface area (Å²) in [5, 5.41) is 29.9. The Morgan fingerprint density at radius 3 is 1.12 bits per heavy atom. The van der Waals surface area contributed by atoms with Crippen LogP contribution >= 0.6 is 0 Å². The molecule has 0 amide bonds. The van der Waals surface area contributed by atoms with E-state index in [1.54, 1.807) is 48.5 Å². The van der Waals surface area contributed by atoms with Crippen LogP contribution in [0.4, 0.5) is 0 Å². The van der Waals surface area contributed by atoms with Gasteiger partial charge < -0.3 is 24.8 Å². The number of phenols is 3. The molecule has 3 rings (SSSR count). The van der Waals surface area contributed by atoms with Crippen molar-refractivity contribution in [2.24, 2.45) is 0 Å². The Morgan fingerprint density at radius 2 is 0.758 bits per heavy atom. The quantitative estimate of drug-likeness (QED) is 0.331. The van der Waals surface area contributed by atoms with Gasteiger partial charge in [0, 0.05) is 22.3 Å². The standard InChI is InChI=1S/C22H22O5.3C2H6/c23-20-10-3-1-6-16(20)12-26-14-18-8-5-9-19(22(18)25)15-27-13-17-7-2-4-11-21(17)24;3*1-2/h1-11,23-25H,12-15H2;3*1-2H3. The summed E-state index contributed by atoms with van der Waals surface area (Å²) >= 11 is 0. The van der Waals surface area contributed by atoms with Crippen molar-refractivity contribution < 1.29 is 24.8 Å². The van der Waals surface area contributed by atoms with Crippen LogP contribution in [-0.2, 0) is 35.9 Å². The zero-order valence-electron chi connectivity index (χ0n) is 20.8. The SMILES string of the molecule is CC.CC.CC.Oc1ccccc1COCc1cccc(COCc2ccccc2O)c1O. The van der Waals surface area contributed by atoms with Crippen LogP contribution in [0.15, 0.2) is 66.7 Å². The lowest BCUT2D eigenvalue weighted by molar-refractivity contribution is 0.0983.